The Morgan fingerprint density at radius 1 is 1.17 bits per heavy atom. The quantitative estimate of drug-likeness (QED) is 0.502. The zero-order chi connectivity index (χ0) is 20.8. The molecule has 7 heteroatoms. The summed E-state index contributed by atoms with van der Waals surface area (Å²) in [4.78, 5) is 24.7. The summed E-state index contributed by atoms with van der Waals surface area (Å²) >= 11 is 0. The molecule has 1 amide bonds. The van der Waals surface area contributed by atoms with Crippen LogP contribution < -0.4 is 16.4 Å². The Morgan fingerprint density at radius 2 is 2.07 bits per heavy atom. The number of carbonyl (C=O) groups is 1. The van der Waals surface area contributed by atoms with Crippen LogP contribution in [0.1, 0.15) is 24.0 Å². The molecule has 0 aliphatic heterocycles. The lowest BCUT2D eigenvalue weighted by Crippen LogP contribution is -2.23. The predicted molar refractivity (Wildman–Crippen MR) is 119 cm³/mol. The zero-order valence-electron chi connectivity index (χ0n) is 16.6. The minimum Gasteiger partial charge on any atom is -0.368 e. The van der Waals surface area contributed by atoms with Gasteiger partial charge in [-0.05, 0) is 48.6 Å². The normalized spacial score (nSPS) is 13.3. The van der Waals surface area contributed by atoms with E-state index in [1.807, 2.05) is 36.4 Å². The van der Waals surface area contributed by atoms with E-state index in [4.69, 9.17) is 5.73 Å². The maximum atomic E-state index is 12.0. The maximum Gasteiger partial charge on any atom is 0.244 e. The molecular formula is C23H24N6O. The second-order valence-electron chi connectivity index (χ2n) is 7.28. The van der Waals surface area contributed by atoms with Gasteiger partial charge in [-0.2, -0.15) is 4.98 Å². The summed E-state index contributed by atoms with van der Waals surface area (Å²) in [5.74, 6) is 0.890. The molecule has 0 bridgehead atoms. The number of hydrogen-bond donors (Lipinski definition) is 3. The Labute approximate surface area is 175 Å². The van der Waals surface area contributed by atoms with Gasteiger partial charge >= 0.3 is 0 Å². The van der Waals surface area contributed by atoms with Crippen LogP contribution in [0.15, 0.2) is 60.9 Å². The Hall–Kier alpha value is -3.74. The number of anilines is 2. The molecule has 4 rings (SSSR count). The van der Waals surface area contributed by atoms with Crippen LogP contribution in [0.2, 0.25) is 0 Å². The van der Waals surface area contributed by atoms with E-state index in [0.29, 0.717) is 19.0 Å². The molecular weight excluding hydrogens is 376 g/mol. The third-order valence-electron chi connectivity index (χ3n) is 4.72. The number of aromatic nitrogens is 3. The van der Waals surface area contributed by atoms with E-state index in [1.165, 1.54) is 6.08 Å². The Balaban J connectivity index is 1.35. The topological polar surface area (TPSA) is 106 Å². The van der Waals surface area contributed by atoms with E-state index in [2.05, 4.69) is 31.7 Å². The highest BCUT2D eigenvalue weighted by Crippen LogP contribution is 2.27. The summed E-state index contributed by atoms with van der Waals surface area (Å²) < 4.78 is 0. The molecule has 1 aromatic carbocycles. The first-order valence-electron chi connectivity index (χ1n) is 10.0. The number of nitrogen functional groups attached to an aromatic ring is 1. The Morgan fingerprint density at radius 3 is 2.87 bits per heavy atom. The molecule has 0 spiro atoms. The van der Waals surface area contributed by atoms with Crippen molar-refractivity contribution in [2.45, 2.75) is 25.3 Å². The fourth-order valence-electron chi connectivity index (χ4n) is 3.05. The predicted octanol–water partition coefficient (Wildman–Crippen LogP) is 3.07. The number of nitrogens with zero attached hydrogens (tertiary/aromatic N) is 3. The van der Waals surface area contributed by atoms with Gasteiger partial charge in [0, 0.05) is 42.7 Å². The number of hydrogen-bond acceptors (Lipinski definition) is 6. The van der Waals surface area contributed by atoms with Crippen molar-refractivity contribution in [2.24, 2.45) is 0 Å². The monoisotopic (exact) mass is 400 g/mol. The van der Waals surface area contributed by atoms with Crippen molar-refractivity contribution in [1.29, 1.82) is 0 Å². The molecule has 152 valence electrons. The minimum atomic E-state index is -0.130. The first kappa shape index (κ1) is 19.6. The highest BCUT2D eigenvalue weighted by atomic mass is 16.1. The number of carbonyl (C=O) groups excluding carboxylic acids is 1. The maximum absolute atomic E-state index is 12.0. The molecule has 0 saturated heterocycles. The molecule has 30 heavy (non-hydrogen) atoms. The van der Waals surface area contributed by atoms with E-state index in [-0.39, 0.29) is 11.9 Å². The van der Waals surface area contributed by atoms with Gasteiger partial charge < -0.3 is 16.4 Å². The highest BCUT2D eigenvalue weighted by molar-refractivity contribution is 5.91. The number of pyridine rings is 1. The molecule has 3 aromatic rings. The van der Waals surface area contributed by atoms with Gasteiger partial charge in [0.1, 0.15) is 5.82 Å². The van der Waals surface area contributed by atoms with Crippen LogP contribution in [0.4, 0.5) is 11.8 Å². The van der Waals surface area contributed by atoms with Crippen LogP contribution in [-0.4, -0.2) is 33.4 Å². The Bertz CT molecular complexity index is 1050. The highest BCUT2D eigenvalue weighted by Gasteiger charge is 2.21. The minimum absolute atomic E-state index is 0.130. The van der Waals surface area contributed by atoms with Crippen molar-refractivity contribution in [3.8, 4) is 11.3 Å². The number of benzene rings is 1. The zero-order valence-corrected chi connectivity index (χ0v) is 16.6. The lowest BCUT2D eigenvalue weighted by Gasteiger charge is -2.09. The van der Waals surface area contributed by atoms with E-state index < -0.39 is 0 Å². The van der Waals surface area contributed by atoms with Crippen LogP contribution in [0.25, 0.3) is 17.3 Å². The van der Waals surface area contributed by atoms with E-state index >= 15 is 0 Å². The van der Waals surface area contributed by atoms with Gasteiger partial charge in [-0.25, -0.2) is 4.98 Å². The van der Waals surface area contributed by atoms with Crippen molar-refractivity contribution in [3.05, 3.63) is 72.1 Å². The summed E-state index contributed by atoms with van der Waals surface area (Å²) in [6.45, 7) is 0.542. The van der Waals surface area contributed by atoms with Crippen LogP contribution >= 0.6 is 0 Å². The van der Waals surface area contributed by atoms with Gasteiger partial charge in [-0.15, -0.1) is 0 Å². The molecule has 2 aromatic heterocycles. The van der Waals surface area contributed by atoms with E-state index in [9.17, 15) is 4.79 Å². The number of nitrogens with one attached hydrogen (secondary N) is 2. The van der Waals surface area contributed by atoms with Crippen LogP contribution in [0.3, 0.4) is 0 Å². The molecule has 4 N–H and O–H groups in total. The Kier molecular flexibility index (Phi) is 5.98. The van der Waals surface area contributed by atoms with Gasteiger partial charge in [0.05, 0.1) is 5.69 Å². The summed E-state index contributed by atoms with van der Waals surface area (Å²) in [6.07, 6.45) is 9.72. The van der Waals surface area contributed by atoms with Gasteiger partial charge in [-0.1, -0.05) is 24.3 Å². The summed E-state index contributed by atoms with van der Waals surface area (Å²) in [5.41, 5.74) is 9.66. The average molecular weight is 400 g/mol. The van der Waals surface area contributed by atoms with E-state index in [0.717, 1.165) is 41.0 Å². The molecule has 1 aliphatic carbocycles. The van der Waals surface area contributed by atoms with Crippen molar-refractivity contribution >= 4 is 23.7 Å². The molecule has 1 saturated carbocycles. The molecule has 0 unspecified atom stereocenters. The van der Waals surface area contributed by atoms with Crippen molar-refractivity contribution in [3.63, 3.8) is 0 Å². The summed E-state index contributed by atoms with van der Waals surface area (Å²) in [7, 11) is 0. The molecule has 0 atom stereocenters. The van der Waals surface area contributed by atoms with Gasteiger partial charge in [0.2, 0.25) is 11.9 Å². The molecule has 1 fully saturated rings. The van der Waals surface area contributed by atoms with Crippen LogP contribution in [0, 0.1) is 0 Å². The van der Waals surface area contributed by atoms with Crippen LogP contribution in [0.5, 0.6) is 0 Å². The third-order valence-corrected chi connectivity index (χ3v) is 4.72. The van der Waals surface area contributed by atoms with Gasteiger partial charge in [0.25, 0.3) is 0 Å². The average Bonchev–Trinajstić information content (AvgIpc) is 3.57. The molecule has 2 heterocycles. The molecule has 1 aliphatic rings. The fraction of sp³-hybridized carbons (Fsp3) is 0.217. The van der Waals surface area contributed by atoms with Crippen LogP contribution in [-0.2, 0) is 11.2 Å². The summed E-state index contributed by atoms with van der Waals surface area (Å²) in [6, 6.07) is 14.2. The van der Waals surface area contributed by atoms with Crippen molar-refractivity contribution in [1.82, 2.24) is 20.3 Å². The lowest BCUT2D eigenvalue weighted by atomic mass is 10.1. The summed E-state index contributed by atoms with van der Waals surface area (Å²) in [5, 5.41) is 6.27. The second kappa shape index (κ2) is 9.17. The van der Waals surface area contributed by atoms with Gasteiger partial charge in [0.15, 0.2) is 0 Å². The van der Waals surface area contributed by atoms with Gasteiger partial charge in [-0.3, -0.25) is 9.78 Å². The SMILES string of the molecule is Nc1nc(NC2CC2)cc(-c2cccc(CCNC(=O)/C=C/c3cccnc3)c2)n1. The largest absolute Gasteiger partial charge is 0.368 e. The second-order valence-corrected chi connectivity index (χ2v) is 7.28. The molecule has 0 radical (unpaired) electrons. The number of rotatable bonds is 8. The first-order valence-corrected chi connectivity index (χ1v) is 10.0. The molecule has 7 nitrogen and oxygen atoms in total. The number of amides is 1. The van der Waals surface area contributed by atoms with Crippen molar-refractivity contribution in [2.75, 3.05) is 17.6 Å². The standard InChI is InChI=1S/C23H24N6O/c24-23-28-20(14-21(29-23)27-19-7-8-19)18-5-1-3-16(13-18)10-12-26-22(30)9-6-17-4-2-11-25-15-17/h1-6,9,11,13-15,19H,7-8,10,12H2,(H,26,30)(H3,24,27,28,29)/b9-6+. The smallest absolute Gasteiger partial charge is 0.244 e. The number of nitrogens with two attached hydrogens (primary N) is 1. The van der Waals surface area contributed by atoms with E-state index in [1.54, 1.807) is 18.5 Å². The lowest BCUT2D eigenvalue weighted by molar-refractivity contribution is -0.116. The van der Waals surface area contributed by atoms with Crippen molar-refractivity contribution < 1.29 is 4.79 Å². The third kappa shape index (κ3) is 5.64. The first-order chi connectivity index (χ1) is 14.7. The fourth-order valence-corrected chi connectivity index (χ4v) is 3.05.